The molecule has 2 aromatic rings. The van der Waals surface area contributed by atoms with E-state index in [1.165, 1.54) is 5.69 Å². The molecule has 0 spiro atoms. The van der Waals surface area contributed by atoms with E-state index in [9.17, 15) is 4.79 Å². The highest BCUT2D eigenvalue weighted by Gasteiger charge is 2.11. The van der Waals surface area contributed by atoms with Gasteiger partial charge in [-0.1, -0.05) is 0 Å². The van der Waals surface area contributed by atoms with Crippen molar-refractivity contribution in [3.05, 3.63) is 40.7 Å². The van der Waals surface area contributed by atoms with Crippen molar-refractivity contribution < 1.29 is 0 Å². The normalized spacial score (nSPS) is 15.5. The van der Waals surface area contributed by atoms with Crippen LogP contribution in [0.1, 0.15) is 6.42 Å². The zero-order valence-corrected chi connectivity index (χ0v) is 14.1. The third-order valence-corrected chi connectivity index (χ3v) is 4.44. The number of hydrogen-bond donors (Lipinski definition) is 1. The lowest BCUT2D eigenvalue weighted by molar-refractivity contribution is 0.386. The van der Waals surface area contributed by atoms with Crippen molar-refractivity contribution >= 4 is 16.6 Å². The number of pyridine rings is 1. The minimum Gasteiger partial charge on any atom is -0.369 e. The van der Waals surface area contributed by atoms with E-state index in [1.54, 1.807) is 6.07 Å². The lowest BCUT2D eigenvalue weighted by Crippen LogP contribution is -2.43. The van der Waals surface area contributed by atoms with Crippen molar-refractivity contribution in [3.8, 4) is 0 Å². The summed E-state index contributed by atoms with van der Waals surface area (Å²) in [5, 5.41) is 4.52. The number of nitrogens with zero attached hydrogens (tertiary/aromatic N) is 3. The topological polar surface area (TPSA) is 40.5 Å². The summed E-state index contributed by atoms with van der Waals surface area (Å²) in [7, 11) is 4.12. The Bertz CT molecular complexity index is 717. The van der Waals surface area contributed by atoms with E-state index in [0.717, 1.165) is 56.6 Å². The first kappa shape index (κ1) is 16.0. The Kier molecular flexibility index (Phi) is 4.98. The first-order chi connectivity index (χ1) is 11.1. The summed E-state index contributed by atoms with van der Waals surface area (Å²) in [5.41, 5.74) is 2.37. The molecule has 0 radical (unpaired) electrons. The van der Waals surface area contributed by atoms with Gasteiger partial charge in [-0.15, -0.1) is 0 Å². The fourth-order valence-corrected chi connectivity index (χ4v) is 3.19. The highest BCUT2D eigenvalue weighted by Crippen LogP contribution is 2.22. The van der Waals surface area contributed by atoms with Gasteiger partial charge >= 0.3 is 0 Å². The van der Waals surface area contributed by atoms with E-state index in [2.05, 4.69) is 47.4 Å². The Balaban J connectivity index is 1.88. The Morgan fingerprint density at radius 1 is 1.13 bits per heavy atom. The molecule has 1 aliphatic heterocycles. The largest absolute Gasteiger partial charge is 0.369 e. The highest BCUT2D eigenvalue weighted by molar-refractivity contribution is 5.83. The van der Waals surface area contributed by atoms with Crippen molar-refractivity contribution in [3.63, 3.8) is 0 Å². The van der Waals surface area contributed by atoms with Crippen LogP contribution in [0.4, 0.5) is 5.69 Å². The molecule has 0 bridgehead atoms. The zero-order chi connectivity index (χ0) is 16.2. The number of fused-ring (bicyclic) bond motifs is 1. The van der Waals surface area contributed by atoms with E-state index in [1.807, 2.05) is 10.6 Å². The van der Waals surface area contributed by atoms with Gasteiger partial charge in [-0.05, 0) is 51.3 Å². The van der Waals surface area contributed by atoms with Gasteiger partial charge in [0.2, 0.25) is 0 Å². The second-order valence-electron chi connectivity index (χ2n) is 6.46. The van der Waals surface area contributed by atoms with Crippen LogP contribution in [0.15, 0.2) is 35.1 Å². The van der Waals surface area contributed by atoms with Crippen LogP contribution >= 0.6 is 0 Å². The molecular weight excluding hydrogens is 288 g/mol. The molecule has 0 aliphatic carbocycles. The second-order valence-corrected chi connectivity index (χ2v) is 6.46. The molecule has 2 heterocycles. The summed E-state index contributed by atoms with van der Waals surface area (Å²) in [6.45, 7) is 5.88. The number of aryl methyl sites for hydroxylation is 1. The van der Waals surface area contributed by atoms with Crippen LogP contribution < -0.4 is 15.8 Å². The summed E-state index contributed by atoms with van der Waals surface area (Å²) in [6.07, 6.45) is 0.978. The fourth-order valence-electron chi connectivity index (χ4n) is 3.19. The van der Waals surface area contributed by atoms with E-state index in [0.29, 0.717) is 0 Å². The summed E-state index contributed by atoms with van der Waals surface area (Å²) in [6, 6.07) is 10.1. The lowest BCUT2D eigenvalue weighted by atomic mass is 10.1. The van der Waals surface area contributed by atoms with E-state index in [4.69, 9.17) is 0 Å². The molecule has 1 fully saturated rings. The number of anilines is 1. The molecule has 124 valence electrons. The maximum absolute atomic E-state index is 12.2. The van der Waals surface area contributed by atoms with Gasteiger partial charge in [0.15, 0.2) is 0 Å². The Hall–Kier alpha value is -1.85. The fraction of sp³-hybridized carbons (Fsp3) is 0.500. The minimum absolute atomic E-state index is 0.0891. The summed E-state index contributed by atoms with van der Waals surface area (Å²) >= 11 is 0. The Labute approximate surface area is 137 Å². The Morgan fingerprint density at radius 3 is 2.65 bits per heavy atom. The molecule has 0 amide bonds. The molecular formula is C18H26N4O. The van der Waals surface area contributed by atoms with Crippen LogP contribution in [-0.2, 0) is 6.54 Å². The number of hydrogen-bond acceptors (Lipinski definition) is 4. The van der Waals surface area contributed by atoms with Gasteiger partial charge in [-0.3, -0.25) is 4.79 Å². The van der Waals surface area contributed by atoms with Gasteiger partial charge in [-0.2, -0.15) is 0 Å². The van der Waals surface area contributed by atoms with Crippen molar-refractivity contribution in [2.75, 3.05) is 51.7 Å². The average Bonchev–Trinajstić information content (AvgIpc) is 2.57. The number of aromatic nitrogens is 1. The molecule has 5 nitrogen and oxygen atoms in total. The molecule has 0 saturated carbocycles. The molecule has 0 atom stereocenters. The van der Waals surface area contributed by atoms with Crippen molar-refractivity contribution in [2.45, 2.75) is 13.0 Å². The van der Waals surface area contributed by atoms with Crippen LogP contribution in [0.25, 0.3) is 10.9 Å². The predicted octanol–water partition coefficient (Wildman–Crippen LogP) is 1.36. The third-order valence-electron chi connectivity index (χ3n) is 4.44. The third kappa shape index (κ3) is 3.74. The van der Waals surface area contributed by atoms with Gasteiger partial charge in [0.05, 0.1) is 5.52 Å². The summed E-state index contributed by atoms with van der Waals surface area (Å²) in [5.74, 6) is 0. The summed E-state index contributed by atoms with van der Waals surface area (Å²) < 4.78 is 1.90. The van der Waals surface area contributed by atoms with Crippen molar-refractivity contribution in [2.24, 2.45) is 0 Å². The summed E-state index contributed by atoms with van der Waals surface area (Å²) in [4.78, 5) is 16.8. The van der Waals surface area contributed by atoms with E-state index >= 15 is 0 Å². The van der Waals surface area contributed by atoms with Crippen LogP contribution in [0.2, 0.25) is 0 Å². The van der Waals surface area contributed by atoms with Crippen molar-refractivity contribution in [1.29, 1.82) is 0 Å². The standard InChI is InChI=1S/C18H26N4O/c1-20(2)10-3-11-22-17-6-5-16(21-12-8-19-9-13-21)14-15(17)4-7-18(22)23/h4-7,14,19H,3,8-13H2,1-2H3. The quantitative estimate of drug-likeness (QED) is 0.905. The van der Waals surface area contributed by atoms with E-state index < -0.39 is 0 Å². The number of piperazine rings is 1. The molecule has 23 heavy (non-hydrogen) atoms. The van der Waals surface area contributed by atoms with Crippen molar-refractivity contribution in [1.82, 2.24) is 14.8 Å². The van der Waals surface area contributed by atoms with Crippen LogP contribution in [-0.4, -0.2) is 56.3 Å². The molecule has 0 unspecified atom stereocenters. The zero-order valence-electron chi connectivity index (χ0n) is 14.1. The maximum atomic E-state index is 12.2. The molecule has 1 N–H and O–H groups in total. The molecule has 1 aromatic heterocycles. The minimum atomic E-state index is 0.0891. The van der Waals surface area contributed by atoms with Gasteiger partial charge < -0.3 is 19.7 Å². The van der Waals surface area contributed by atoms with Gasteiger partial charge in [-0.25, -0.2) is 0 Å². The number of benzene rings is 1. The average molecular weight is 314 g/mol. The van der Waals surface area contributed by atoms with Gasteiger partial charge in [0.1, 0.15) is 0 Å². The smallest absolute Gasteiger partial charge is 0.251 e. The van der Waals surface area contributed by atoms with Crippen LogP contribution in [0, 0.1) is 0 Å². The van der Waals surface area contributed by atoms with E-state index in [-0.39, 0.29) is 5.56 Å². The first-order valence-electron chi connectivity index (χ1n) is 8.39. The second kappa shape index (κ2) is 7.15. The van der Waals surface area contributed by atoms with Gasteiger partial charge in [0, 0.05) is 49.9 Å². The Morgan fingerprint density at radius 2 is 1.91 bits per heavy atom. The monoisotopic (exact) mass is 314 g/mol. The molecule has 1 aliphatic rings. The molecule has 3 rings (SSSR count). The first-order valence-corrected chi connectivity index (χ1v) is 8.39. The highest BCUT2D eigenvalue weighted by atomic mass is 16.1. The number of rotatable bonds is 5. The maximum Gasteiger partial charge on any atom is 0.251 e. The molecule has 1 aromatic carbocycles. The lowest BCUT2D eigenvalue weighted by Gasteiger charge is -2.29. The molecule has 1 saturated heterocycles. The van der Waals surface area contributed by atoms with Crippen LogP contribution in [0.5, 0.6) is 0 Å². The van der Waals surface area contributed by atoms with Crippen LogP contribution in [0.3, 0.4) is 0 Å². The van der Waals surface area contributed by atoms with Gasteiger partial charge in [0.25, 0.3) is 5.56 Å². The predicted molar refractivity (Wildman–Crippen MR) is 96.5 cm³/mol. The molecule has 5 heteroatoms. The SMILES string of the molecule is CN(C)CCCn1c(=O)ccc2cc(N3CCNCC3)ccc21. The number of nitrogens with one attached hydrogen (secondary N) is 1.